The Balaban J connectivity index is 1.77. The van der Waals surface area contributed by atoms with E-state index < -0.39 is 21.5 Å². The Hall–Kier alpha value is -3.73. The predicted octanol–water partition coefficient (Wildman–Crippen LogP) is 6.36. The van der Waals surface area contributed by atoms with Crippen molar-refractivity contribution in [2.75, 3.05) is 38.3 Å². The first-order valence-corrected chi connectivity index (χ1v) is 17.6. The van der Waals surface area contributed by atoms with Crippen LogP contribution < -0.4 is 14.8 Å². The van der Waals surface area contributed by atoms with E-state index in [-0.39, 0.29) is 16.7 Å². The Morgan fingerprint density at radius 2 is 1.85 bits per heavy atom. The van der Waals surface area contributed by atoms with Gasteiger partial charge in [-0.15, -0.1) is 0 Å². The number of fused-ring (bicyclic) bond motifs is 2. The molecule has 1 aliphatic carbocycles. The maximum absolute atomic E-state index is 11.9. The average Bonchev–Trinajstić information content (AvgIpc) is 3.20. The summed E-state index contributed by atoms with van der Waals surface area (Å²) >= 11 is 0. The molecule has 0 atom stereocenters. The van der Waals surface area contributed by atoms with E-state index in [0.717, 1.165) is 59.6 Å². The van der Waals surface area contributed by atoms with Gasteiger partial charge in [-0.25, -0.2) is 13.0 Å². The Bertz CT molecular complexity index is 1810. The van der Waals surface area contributed by atoms with Gasteiger partial charge in [0, 0.05) is 48.5 Å². The van der Waals surface area contributed by atoms with Gasteiger partial charge in [-0.1, -0.05) is 47.1 Å². The number of carboxylic acids is 1. The van der Waals surface area contributed by atoms with Crippen LogP contribution in [-0.2, 0) is 30.5 Å². The summed E-state index contributed by atoms with van der Waals surface area (Å²) in [6.07, 6.45) is 8.09. The molecule has 0 amide bonds. The molecule has 47 heavy (non-hydrogen) atoms. The number of benzene rings is 2. The van der Waals surface area contributed by atoms with Gasteiger partial charge < -0.3 is 23.7 Å². The van der Waals surface area contributed by atoms with E-state index in [9.17, 15) is 17.8 Å². The molecular formula is C37H48N2O7S. The lowest BCUT2D eigenvalue weighted by Crippen LogP contribution is -2.32. The molecule has 2 aliphatic heterocycles. The standard InChI is InChI=1S/C37H48N2O7S/c1-8-38(21-22-45-7)26-16-18-29-30(36(2,3)4)24-27(46-33(29)23-26)13-12-14-34-37(5,6)31-25-28(47(42,43)44)17-19-32(31)39(34)20-11-9-10-15-35(40)41/h12-14,16-19,23-25H,8-11,15,20-22H2,1-7H3,(H-,40,41,42,43,44). The fourth-order valence-corrected chi connectivity index (χ4v) is 6.77. The number of ether oxygens (including phenoxy) is 1. The second-order valence-corrected chi connectivity index (χ2v) is 15.0. The Labute approximate surface area is 279 Å². The third-order valence-electron chi connectivity index (χ3n) is 8.83. The summed E-state index contributed by atoms with van der Waals surface area (Å²) in [4.78, 5) is 12.9. The van der Waals surface area contributed by atoms with Crippen LogP contribution in [0.1, 0.15) is 84.1 Å². The minimum absolute atomic E-state index is 0.120. The lowest BCUT2D eigenvalue weighted by atomic mass is 9.82. The molecule has 0 saturated carbocycles. The first-order chi connectivity index (χ1) is 22.1. The quantitative estimate of drug-likeness (QED) is 0.127. The lowest BCUT2D eigenvalue weighted by Gasteiger charge is -2.27. The normalized spacial score (nSPS) is 16.3. The highest BCUT2D eigenvalue weighted by Crippen LogP contribution is 2.48. The summed E-state index contributed by atoms with van der Waals surface area (Å²) in [6, 6.07) is 13.0. The number of methoxy groups -OCH3 is 1. The van der Waals surface area contributed by atoms with Crippen molar-refractivity contribution >= 4 is 27.9 Å². The van der Waals surface area contributed by atoms with Crippen LogP contribution in [0, 0.1) is 0 Å². The summed E-state index contributed by atoms with van der Waals surface area (Å²) in [7, 11) is -2.92. The van der Waals surface area contributed by atoms with Gasteiger partial charge in [-0.3, -0.25) is 4.79 Å². The molecule has 0 unspecified atom stereocenters. The number of aliphatic carboxylic acids is 1. The number of allylic oxidation sites excluding steroid dienone is 3. The molecule has 254 valence electrons. The molecule has 1 aromatic rings. The molecule has 0 radical (unpaired) electrons. The molecule has 0 spiro atoms. The van der Waals surface area contributed by atoms with Gasteiger partial charge in [0.15, 0.2) is 6.54 Å². The number of nitrogens with zero attached hydrogens (tertiary/aromatic N) is 2. The number of hydrogen-bond acceptors (Lipinski definition) is 7. The Morgan fingerprint density at radius 3 is 2.49 bits per heavy atom. The number of hydrogen-bond donors (Lipinski definition) is 1. The largest absolute Gasteiger partial charge is 0.744 e. The second-order valence-electron chi connectivity index (χ2n) is 13.6. The van der Waals surface area contributed by atoms with E-state index in [2.05, 4.69) is 61.4 Å². The Kier molecular flexibility index (Phi) is 11.2. The van der Waals surface area contributed by atoms with Gasteiger partial charge in [-0.05, 0) is 78.8 Å². The molecule has 0 aromatic heterocycles. The van der Waals surface area contributed by atoms with Crippen LogP contribution in [0.25, 0.3) is 17.4 Å². The Morgan fingerprint density at radius 1 is 1.11 bits per heavy atom. The smallest absolute Gasteiger partial charge is 0.303 e. The van der Waals surface area contributed by atoms with E-state index in [1.54, 1.807) is 13.2 Å². The molecule has 0 fully saturated rings. The number of rotatable bonds is 13. The first kappa shape index (κ1) is 36.1. The van der Waals surface area contributed by atoms with Crippen molar-refractivity contribution < 1.29 is 32.0 Å². The zero-order valence-electron chi connectivity index (χ0n) is 28.6. The highest BCUT2D eigenvalue weighted by Gasteiger charge is 2.40. The van der Waals surface area contributed by atoms with Crippen LogP contribution in [0.5, 0.6) is 0 Å². The van der Waals surface area contributed by atoms with Crippen molar-refractivity contribution in [2.45, 2.75) is 83.0 Å². The summed E-state index contributed by atoms with van der Waals surface area (Å²) in [5.41, 5.74) is 4.03. The van der Waals surface area contributed by atoms with Gasteiger partial charge in [-0.2, -0.15) is 0 Å². The molecule has 10 heteroatoms. The van der Waals surface area contributed by atoms with Gasteiger partial charge in [0.1, 0.15) is 34.8 Å². The second kappa shape index (κ2) is 14.6. The zero-order valence-corrected chi connectivity index (χ0v) is 29.4. The summed E-state index contributed by atoms with van der Waals surface area (Å²) in [6.45, 7) is 15.6. The highest BCUT2D eigenvalue weighted by molar-refractivity contribution is 7.85. The number of carboxylic acid groups (broad SMARTS) is 1. The maximum Gasteiger partial charge on any atom is 0.303 e. The van der Waals surface area contributed by atoms with Crippen LogP contribution in [0.15, 0.2) is 69.6 Å². The highest BCUT2D eigenvalue weighted by atomic mass is 32.2. The van der Waals surface area contributed by atoms with Gasteiger partial charge in [0.2, 0.25) is 5.36 Å². The first-order valence-electron chi connectivity index (χ1n) is 16.2. The van der Waals surface area contributed by atoms with Crippen molar-refractivity contribution in [2.24, 2.45) is 0 Å². The third-order valence-corrected chi connectivity index (χ3v) is 9.66. The average molecular weight is 665 g/mol. The van der Waals surface area contributed by atoms with Crippen molar-refractivity contribution in [3.05, 3.63) is 82.6 Å². The fraction of sp³-hybridized carbons (Fsp3) is 0.459. The van der Waals surface area contributed by atoms with Crippen molar-refractivity contribution in [3.63, 3.8) is 0 Å². The van der Waals surface area contributed by atoms with Crippen molar-refractivity contribution in [1.29, 1.82) is 0 Å². The number of anilines is 1. The maximum atomic E-state index is 11.9. The molecule has 3 aliphatic rings. The molecule has 0 bridgehead atoms. The summed E-state index contributed by atoms with van der Waals surface area (Å²) in [5.74, 6) is 0.680. The monoisotopic (exact) mass is 664 g/mol. The van der Waals surface area contributed by atoms with Crippen LogP contribution in [0.4, 0.5) is 5.69 Å². The SMILES string of the molecule is CC[N+](CCOC)=c1ccc2c(C(C)(C)C)cc(/C=C/C=C3/N(CCCCCC(=O)O)c4ccc(S(=O)(=O)[O-])cc4C3(C)C)oc-2c1. The van der Waals surface area contributed by atoms with Crippen molar-refractivity contribution in [3.8, 4) is 11.3 Å². The molecular weight excluding hydrogens is 616 g/mol. The van der Waals surface area contributed by atoms with Crippen LogP contribution in [-0.4, -0.2) is 57.4 Å². The summed E-state index contributed by atoms with van der Waals surface area (Å²) in [5, 5.41) is 10.1. The molecule has 9 nitrogen and oxygen atoms in total. The minimum Gasteiger partial charge on any atom is -0.744 e. The van der Waals surface area contributed by atoms with E-state index in [1.165, 1.54) is 17.7 Å². The molecule has 4 rings (SSSR count). The van der Waals surface area contributed by atoms with Crippen LogP contribution in [0.3, 0.4) is 0 Å². The van der Waals surface area contributed by atoms with Gasteiger partial charge in [0.05, 0.1) is 11.0 Å². The van der Waals surface area contributed by atoms with Gasteiger partial charge in [0.25, 0.3) is 0 Å². The molecule has 1 aromatic carbocycles. The molecule has 1 N–H and O–H groups in total. The van der Waals surface area contributed by atoms with E-state index in [4.69, 9.17) is 14.3 Å². The zero-order chi connectivity index (χ0) is 34.6. The summed E-state index contributed by atoms with van der Waals surface area (Å²) < 4.78 is 49.7. The third kappa shape index (κ3) is 8.41. The van der Waals surface area contributed by atoms with E-state index in [1.807, 2.05) is 32.1 Å². The van der Waals surface area contributed by atoms with E-state index >= 15 is 0 Å². The number of likely N-dealkylation sites (N-methyl/N-ethyl adjacent to an activating group) is 1. The number of unbranched alkanes of at least 4 members (excludes halogenated alkanes) is 2. The lowest BCUT2D eigenvalue weighted by molar-refractivity contribution is -0.137. The minimum atomic E-state index is -4.62. The van der Waals surface area contributed by atoms with Crippen LogP contribution >= 0.6 is 0 Å². The molecule has 0 saturated heterocycles. The van der Waals surface area contributed by atoms with Crippen LogP contribution in [0.2, 0.25) is 0 Å². The topological polar surface area (TPSA) is 123 Å². The fourth-order valence-electron chi connectivity index (χ4n) is 6.27. The molecule has 2 heterocycles. The predicted molar refractivity (Wildman–Crippen MR) is 185 cm³/mol. The van der Waals surface area contributed by atoms with Crippen molar-refractivity contribution in [1.82, 2.24) is 4.58 Å². The van der Waals surface area contributed by atoms with Gasteiger partial charge >= 0.3 is 5.97 Å². The number of carbonyl (C=O) groups is 1. The van der Waals surface area contributed by atoms with E-state index in [0.29, 0.717) is 25.3 Å².